The van der Waals surface area contributed by atoms with Gasteiger partial charge in [0.05, 0.1) is 6.61 Å². The topological polar surface area (TPSA) is 189 Å². The second kappa shape index (κ2) is 23.0. The van der Waals surface area contributed by atoms with Crippen LogP contribution in [0, 0.1) is 0 Å². The highest BCUT2D eigenvalue weighted by atomic mass is 16.5. The third kappa shape index (κ3) is 13.9. The summed E-state index contributed by atoms with van der Waals surface area (Å²) in [4.78, 5) is 48.0. The van der Waals surface area contributed by atoms with Gasteiger partial charge in [0.1, 0.15) is 22.8 Å². The van der Waals surface area contributed by atoms with Crippen molar-refractivity contribution in [1.29, 1.82) is 0 Å². The Morgan fingerprint density at radius 3 is 1.52 bits per heavy atom. The van der Waals surface area contributed by atoms with Gasteiger partial charge in [-0.1, -0.05) is 28.7 Å². The highest BCUT2D eigenvalue weighted by molar-refractivity contribution is 5.94. The molecule has 4 aromatic heterocycles. The molecule has 0 radical (unpaired) electrons. The maximum Gasteiger partial charge on any atom is 0.343 e. The lowest BCUT2D eigenvalue weighted by molar-refractivity contribution is 0.0526. The van der Waals surface area contributed by atoms with E-state index in [1.54, 1.807) is 31.7 Å². The van der Waals surface area contributed by atoms with Gasteiger partial charge >= 0.3 is 11.9 Å². The lowest BCUT2D eigenvalue weighted by atomic mass is 10.2. The van der Waals surface area contributed by atoms with Crippen molar-refractivity contribution in [3.05, 3.63) is 83.7 Å². The predicted octanol–water partition coefficient (Wildman–Crippen LogP) is 5.84. The van der Waals surface area contributed by atoms with Crippen LogP contribution < -0.4 is 21.3 Å². The fourth-order valence-electron chi connectivity index (χ4n) is 3.94. The summed E-state index contributed by atoms with van der Waals surface area (Å²) in [6, 6.07) is 7.84. The minimum absolute atomic E-state index is 0. The number of aromatic carboxylic acids is 1. The molecular weight excluding hydrogens is 612 g/mol. The molecule has 0 aliphatic carbocycles. The van der Waals surface area contributed by atoms with Crippen molar-refractivity contribution >= 4 is 35.5 Å². The highest BCUT2D eigenvalue weighted by Gasteiger charge is 2.16. The first-order valence-electron chi connectivity index (χ1n) is 15.3. The molecule has 0 fully saturated rings. The van der Waals surface area contributed by atoms with Gasteiger partial charge in [-0.25, -0.2) is 19.6 Å². The summed E-state index contributed by atoms with van der Waals surface area (Å²) in [7, 11) is 0. The molecule has 0 amide bonds. The molecule has 0 aliphatic rings. The fraction of sp³-hybridized carbons (Fsp3) is 0.412. The molecule has 48 heavy (non-hydrogen) atoms. The molecule has 260 valence electrons. The molecule has 14 nitrogen and oxygen atoms in total. The summed E-state index contributed by atoms with van der Waals surface area (Å²) in [6.45, 7) is 8.87. The number of carbonyl (C=O) groups is 2. The van der Waals surface area contributed by atoms with E-state index in [0.29, 0.717) is 55.3 Å². The normalized spacial score (nSPS) is 9.81. The van der Waals surface area contributed by atoms with Crippen molar-refractivity contribution in [2.24, 2.45) is 0 Å². The van der Waals surface area contributed by atoms with Crippen LogP contribution >= 0.6 is 0 Å². The first-order chi connectivity index (χ1) is 22.4. The number of anilines is 4. The fourth-order valence-corrected chi connectivity index (χ4v) is 3.94. The number of carboxylic acids is 1. The Kier molecular flexibility index (Phi) is 19.5. The van der Waals surface area contributed by atoms with Gasteiger partial charge in [-0.15, -0.1) is 0 Å². The quantitative estimate of drug-likeness (QED) is 0.0847. The third-order valence-corrected chi connectivity index (χ3v) is 6.28. The molecule has 0 spiro atoms. The molecule has 14 heteroatoms. The number of ether oxygens (including phenoxy) is 1. The average molecular weight is 663 g/mol. The van der Waals surface area contributed by atoms with Crippen LogP contribution in [0.3, 0.4) is 0 Å². The largest absolute Gasteiger partial charge is 0.477 e. The zero-order valence-electron chi connectivity index (χ0n) is 26.5. The molecule has 0 unspecified atom stereocenters. The van der Waals surface area contributed by atoms with Crippen molar-refractivity contribution in [3.63, 3.8) is 0 Å². The van der Waals surface area contributed by atoms with Crippen molar-refractivity contribution in [2.45, 2.75) is 61.3 Å². The van der Waals surface area contributed by atoms with Gasteiger partial charge in [0.15, 0.2) is 0 Å². The van der Waals surface area contributed by atoms with E-state index in [2.05, 4.69) is 51.2 Å². The third-order valence-electron chi connectivity index (χ3n) is 6.28. The van der Waals surface area contributed by atoms with Gasteiger partial charge in [0.25, 0.3) is 0 Å². The first kappa shape index (κ1) is 40.6. The molecule has 4 aromatic rings. The number of carbonyl (C=O) groups excluding carboxylic acids is 1. The Hall–Kier alpha value is -5.40. The second-order valence-electron chi connectivity index (χ2n) is 9.86. The van der Waals surface area contributed by atoms with Crippen LogP contribution in [0.25, 0.3) is 0 Å². The van der Waals surface area contributed by atoms with Crippen molar-refractivity contribution in [2.75, 3.05) is 54.1 Å². The number of aromatic nitrogens is 6. The first-order valence-corrected chi connectivity index (χ1v) is 15.3. The minimum atomic E-state index is -1.04. The zero-order valence-corrected chi connectivity index (χ0v) is 26.5. The lowest BCUT2D eigenvalue weighted by Gasteiger charge is -2.12. The van der Waals surface area contributed by atoms with E-state index in [0.717, 1.165) is 37.8 Å². The number of nitrogens with one attached hydrogen (secondary N) is 4. The van der Waals surface area contributed by atoms with Crippen LogP contribution in [0.1, 0.15) is 80.3 Å². The Morgan fingerprint density at radius 1 is 0.667 bits per heavy atom. The molecule has 0 bridgehead atoms. The Labute approximate surface area is 283 Å². The number of carboxylic acid groups (broad SMARTS) is 1. The number of hydrogen-bond acceptors (Lipinski definition) is 13. The van der Waals surface area contributed by atoms with Crippen molar-refractivity contribution in [1.82, 2.24) is 29.9 Å². The van der Waals surface area contributed by atoms with Crippen LogP contribution in [0.2, 0.25) is 0 Å². The monoisotopic (exact) mass is 662 g/mol. The van der Waals surface area contributed by atoms with E-state index in [-0.39, 0.29) is 20.4 Å². The van der Waals surface area contributed by atoms with Crippen LogP contribution in [0.5, 0.6) is 0 Å². The highest BCUT2D eigenvalue weighted by Crippen LogP contribution is 2.16. The van der Waals surface area contributed by atoms with Gasteiger partial charge < -0.3 is 31.1 Å². The van der Waals surface area contributed by atoms with Gasteiger partial charge in [-0.3, -0.25) is 9.97 Å². The summed E-state index contributed by atoms with van der Waals surface area (Å²) >= 11 is 0. The maximum atomic E-state index is 12.0. The van der Waals surface area contributed by atoms with Crippen LogP contribution in [0.15, 0.2) is 61.4 Å². The van der Waals surface area contributed by atoms with Crippen molar-refractivity contribution in [3.8, 4) is 0 Å². The van der Waals surface area contributed by atoms with Gasteiger partial charge in [-0.05, 0) is 68.0 Å². The summed E-state index contributed by atoms with van der Waals surface area (Å²) in [5.74, 6) is 0.280. The van der Waals surface area contributed by atoms with E-state index in [1.807, 2.05) is 38.1 Å². The molecule has 0 aromatic carbocycles. The Morgan fingerprint density at radius 2 is 1.10 bits per heavy atom. The van der Waals surface area contributed by atoms with Crippen LogP contribution in [0.4, 0.5) is 23.5 Å². The number of esters is 1. The van der Waals surface area contributed by atoms with E-state index < -0.39 is 11.9 Å². The Bertz CT molecular complexity index is 1490. The molecule has 5 N–H and O–H groups in total. The second-order valence-corrected chi connectivity index (χ2v) is 9.86. The van der Waals surface area contributed by atoms with E-state index >= 15 is 0 Å². The molecular formula is C34H50N10O4. The minimum Gasteiger partial charge on any atom is -0.477 e. The number of rotatable bonds is 17. The van der Waals surface area contributed by atoms with E-state index in [4.69, 9.17) is 9.84 Å². The van der Waals surface area contributed by atoms with Crippen LogP contribution in [-0.2, 0) is 17.6 Å². The smallest absolute Gasteiger partial charge is 0.343 e. The van der Waals surface area contributed by atoms with Crippen LogP contribution in [-0.4, -0.2) is 79.7 Å². The molecule has 4 heterocycles. The zero-order chi connectivity index (χ0) is 33.0. The summed E-state index contributed by atoms with van der Waals surface area (Å²) in [5.41, 5.74) is 2.78. The standard InChI is InChI=1S/C17H23N5O2.C15H19N5O2.2CH4/c1-3-8-19-15-14(16(23)24-4-2)12-21-17(22-15)20-11-7-13-5-9-18-10-6-13;1-2-6-17-13-12(14(21)22)10-19-15(20-13)18-9-5-11-3-7-16-8-4-11;;/h5-6,9-10,12H,3-4,7-8,11H2,1-2H3,(H2,19,20,21,22);3-4,7-8,10H,2,5-6,9H2,1H3,(H,21,22)(H2,17,18,19,20);2*1H4. The maximum absolute atomic E-state index is 12.0. The number of hydrogen-bond donors (Lipinski definition) is 5. The van der Waals surface area contributed by atoms with Gasteiger partial charge in [-0.2, -0.15) is 9.97 Å². The van der Waals surface area contributed by atoms with E-state index in [1.165, 1.54) is 18.0 Å². The molecule has 4 rings (SSSR count). The van der Waals surface area contributed by atoms with Gasteiger partial charge in [0, 0.05) is 63.4 Å². The predicted molar refractivity (Wildman–Crippen MR) is 191 cm³/mol. The van der Waals surface area contributed by atoms with Crippen molar-refractivity contribution < 1.29 is 19.4 Å². The van der Waals surface area contributed by atoms with Gasteiger partial charge in [0.2, 0.25) is 11.9 Å². The lowest BCUT2D eigenvalue weighted by Crippen LogP contribution is -2.15. The molecule has 0 saturated heterocycles. The Balaban J connectivity index is 0.000000462. The molecule has 0 aliphatic heterocycles. The summed E-state index contributed by atoms with van der Waals surface area (Å²) < 4.78 is 5.04. The molecule has 0 atom stereocenters. The number of pyridine rings is 2. The summed E-state index contributed by atoms with van der Waals surface area (Å²) in [5, 5.41) is 21.6. The summed E-state index contributed by atoms with van der Waals surface area (Å²) in [6.07, 6.45) is 13.3. The van der Waals surface area contributed by atoms with E-state index in [9.17, 15) is 9.59 Å². The molecule has 0 saturated carbocycles. The SMILES string of the molecule is C.C.CCCNc1nc(NCCc2ccncc2)ncc1C(=O)O.CCCNc1nc(NCCc2ccncc2)ncc1C(=O)OCC. The average Bonchev–Trinajstić information content (AvgIpc) is 3.08. The number of nitrogens with zero attached hydrogens (tertiary/aromatic N) is 6.